The Morgan fingerprint density at radius 1 is 1.28 bits per heavy atom. The Bertz CT molecular complexity index is 1200. The highest BCUT2D eigenvalue weighted by atomic mass is 32.1. The van der Waals surface area contributed by atoms with Crippen LogP contribution in [0.25, 0.3) is 10.2 Å². The number of H-pyrrole nitrogens is 1. The molecule has 0 amide bonds. The van der Waals surface area contributed by atoms with Gasteiger partial charge in [0.15, 0.2) is 0 Å². The average molecular weight is 465 g/mol. The number of piperidine rings is 1. The Kier molecular flexibility index (Phi) is 6.09. The molecule has 0 saturated carbocycles. The maximum absolute atomic E-state index is 12.9. The number of benzene rings is 1. The summed E-state index contributed by atoms with van der Waals surface area (Å²) in [5.41, 5.74) is 0.352. The summed E-state index contributed by atoms with van der Waals surface area (Å²) in [5, 5.41) is 0.372. The van der Waals surface area contributed by atoms with Gasteiger partial charge >= 0.3 is 12.1 Å². The number of aryl methyl sites for hydroxylation is 1. The molecule has 2 aromatic heterocycles. The molecule has 4 rings (SSSR count). The normalized spacial score (nSPS) is 17.6. The number of carbonyl (C=O) groups is 1. The van der Waals surface area contributed by atoms with Crippen LogP contribution in [0.1, 0.15) is 57.5 Å². The van der Waals surface area contributed by atoms with Crippen LogP contribution in [0.15, 0.2) is 29.1 Å². The van der Waals surface area contributed by atoms with Gasteiger partial charge in [-0.3, -0.25) is 9.69 Å². The topological polar surface area (TPSA) is 75.3 Å². The Hall–Kier alpha value is -2.72. The zero-order valence-electron chi connectivity index (χ0n) is 17.6. The van der Waals surface area contributed by atoms with Crippen molar-refractivity contribution >= 4 is 27.5 Å². The molecular weight excluding hydrogens is 443 g/mol. The Morgan fingerprint density at radius 2 is 2.00 bits per heavy atom. The Labute approximate surface area is 186 Å². The molecule has 0 spiro atoms. The minimum Gasteiger partial charge on any atom is -0.465 e. The fourth-order valence-electron chi connectivity index (χ4n) is 4.20. The molecule has 1 atom stereocenters. The highest BCUT2D eigenvalue weighted by Crippen LogP contribution is 2.35. The van der Waals surface area contributed by atoms with Crippen LogP contribution >= 0.6 is 11.3 Å². The van der Waals surface area contributed by atoms with Crippen molar-refractivity contribution in [2.45, 2.75) is 44.9 Å². The van der Waals surface area contributed by atoms with Crippen molar-refractivity contribution in [2.75, 3.05) is 13.7 Å². The van der Waals surface area contributed by atoms with Gasteiger partial charge in [-0.25, -0.2) is 9.78 Å². The number of carbonyl (C=O) groups excluding carboxylic acids is 1. The quantitative estimate of drug-likeness (QED) is 0.559. The second-order valence-corrected chi connectivity index (χ2v) is 8.84. The molecule has 0 radical (unpaired) electrons. The predicted molar refractivity (Wildman–Crippen MR) is 115 cm³/mol. The maximum Gasteiger partial charge on any atom is 0.416 e. The fourth-order valence-corrected chi connectivity index (χ4v) is 5.31. The lowest BCUT2D eigenvalue weighted by Crippen LogP contribution is -2.34. The first-order chi connectivity index (χ1) is 15.2. The molecule has 1 aliphatic heterocycles. The SMILES string of the molecule is COC(=O)c1sc2nc(CN3CCCCC3c3ccc(C(F)(F)F)cc3)[nH]c(=O)c2c1C. The minimum atomic E-state index is -4.37. The van der Waals surface area contributed by atoms with Crippen LogP contribution in [0.2, 0.25) is 0 Å². The second kappa shape index (κ2) is 8.67. The number of nitrogens with one attached hydrogen (secondary N) is 1. The number of hydrogen-bond donors (Lipinski definition) is 1. The van der Waals surface area contributed by atoms with Crippen LogP contribution in [0.3, 0.4) is 0 Å². The lowest BCUT2D eigenvalue weighted by Gasteiger charge is -2.35. The van der Waals surface area contributed by atoms with Gasteiger partial charge in [0.2, 0.25) is 0 Å². The third-order valence-electron chi connectivity index (χ3n) is 5.81. The van der Waals surface area contributed by atoms with Crippen molar-refractivity contribution < 1.29 is 22.7 Å². The van der Waals surface area contributed by atoms with E-state index in [0.717, 1.165) is 54.8 Å². The molecule has 1 fully saturated rings. The van der Waals surface area contributed by atoms with Crippen molar-refractivity contribution in [3.8, 4) is 0 Å². The highest BCUT2D eigenvalue weighted by Gasteiger charge is 2.31. The molecule has 6 nitrogen and oxygen atoms in total. The highest BCUT2D eigenvalue weighted by molar-refractivity contribution is 7.20. The van der Waals surface area contributed by atoms with Crippen LogP contribution in [0, 0.1) is 6.92 Å². The molecule has 0 aliphatic carbocycles. The summed E-state index contributed by atoms with van der Waals surface area (Å²) < 4.78 is 43.5. The molecule has 1 saturated heterocycles. The molecule has 1 aliphatic rings. The van der Waals surface area contributed by atoms with Crippen LogP contribution in [0.4, 0.5) is 13.2 Å². The number of rotatable bonds is 4. The number of alkyl halides is 3. The van der Waals surface area contributed by atoms with Gasteiger partial charge < -0.3 is 9.72 Å². The largest absolute Gasteiger partial charge is 0.465 e. The van der Waals surface area contributed by atoms with E-state index < -0.39 is 17.7 Å². The number of nitrogens with zero attached hydrogens (tertiary/aromatic N) is 2. The van der Waals surface area contributed by atoms with Gasteiger partial charge in [0, 0.05) is 6.04 Å². The summed E-state index contributed by atoms with van der Waals surface area (Å²) in [6.07, 6.45) is -1.64. The van der Waals surface area contributed by atoms with Crippen molar-refractivity contribution in [3.63, 3.8) is 0 Å². The molecular formula is C22H22F3N3O3S. The molecule has 0 bridgehead atoms. The molecule has 1 aromatic carbocycles. The second-order valence-electron chi connectivity index (χ2n) is 7.84. The maximum atomic E-state index is 12.9. The first kappa shape index (κ1) is 22.5. The number of aromatic amines is 1. The van der Waals surface area contributed by atoms with Crippen LogP contribution < -0.4 is 5.56 Å². The zero-order valence-corrected chi connectivity index (χ0v) is 18.4. The van der Waals surface area contributed by atoms with Crippen LogP contribution in [-0.2, 0) is 17.5 Å². The van der Waals surface area contributed by atoms with Gasteiger partial charge in [-0.05, 0) is 49.6 Å². The van der Waals surface area contributed by atoms with Crippen LogP contribution in [-0.4, -0.2) is 34.5 Å². The summed E-state index contributed by atoms with van der Waals surface area (Å²) in [4.78, 5) is 35.0. The average Bonchev–Trinajstić information content (AvgIpc) is 3.10. The monoisotopic (exact) mass is 465 g/mol. The number of hydrogen-bond acceptors (Lipinski definition) is 6. The molecule has 32 heavy (non-hydrogen) atoms. The number of fused-ring (bicyclic) bond motifs is 1. The lowest BCUT2D eigenvalue weighted by atomic mass is 9.94. The van der Waals surface area contributed by atoms with Gasteiger partial charge in [-0.2, -0.15) is 13.2 Å². The van der Waals surface area contributed by atoms with Crippen molar-refractivity contribution in [2.24, 2.45) is 0 Å². The molecule has 10 heteroatoms. The standard InChI is InChI=1S/C22H22F3N3O3S/c1-12-17-19(29)26-16(27-20(17)32-18(12)21(30)31-2)11-28-10-4-3-5-15(28)13-6-8-14(9-7-13)22(23,24)25/h6-9,15H,3-5,10-11H2,1-2H3,(H,26,27,29). The summed E-state index contributed by atoms with van der Waals surface area (Å²) >= 11 is 1.12. The Morgan fingerprint density at radius 3 is 2.66 bits per heavy atom. The van der Waals surface area contributed by atoms with Gasteiger partial charge in [0.1, 0.15) is 15.5 Å². The van der Waals surface area contributed by atoms with E-state index in [4.69, 9.17) is 4.74 Å². The van der Waals surface area contributed by atoms with Crippen molar-refractivity contribution in [3.05, 3.63) is 62.0 Å². The van der Waals surface area contributed by atoms with Gasteiger partial charge in [0.05, 0.1) is 24.6 Å². The first-order valence-corrected chi connectivity index (χ1v) is 11.0. The molecule has 1 unspecified atom stereocenters. The first-order valence-electron chi connectivity index (χ1n) is 10.2. The van der Waals surface area contributed by atoms with Crippen LogP contribution in [0.5, 0.6) is 0 Å². The minimum absolute atomic E-state index is 0.0669. The predicted octanol–water partition coefficient (Wildman–Crippen LogP) is 4.83. The summed E-state index contributed by atoms with van der Waals surface area (Å²) in [6, 6.07) is 5.20. The zero-order chi connectivity index (χ0) is 23.0. The lowest BCUT2D eigenvalue weighted by molar-refractivity contribution is -0.137. The third-order valence-corrected chi connectivity index (χ3v) is 6.98. The van der Waals surface area contributed by atoms with E-state index in [1.807, 2.05) is 0 Å². The van der Waals surface area contributed by atoms with Gasteiger partial charge in [-0.15, -0.1) is 11.3 Å². The summed E-state index contributed by atoms with van der Waals surface area (Å²) in [5.74, 6) is -0.0520. The number of likely N-dealkylation sites (tertiary alicyclic amines) is 1. The van der Waals surface area contributed by atoms with E-state index in [-0.39, 0.29) is 11.6 Å². The van der Waals surface area contributed by atoms with Gasteiger partial charge in [0.25, 0.3) is 5.56 Å². The van der Waals surface area contributed by atoms with E-state index in [1.54, 1.807) is 6.92 Å². The van der Waals surface area contributed by atoms with E-state index >= 15 is 0 Å². The number of ether oxygens (including phenoxy) is 1. The van der Waals surface area contributed by atoms with E-state index in [9.17, 15) is 22.8 Å². The molecule has 1 N–H and O–H groups in total. The number of thiophene rings is 1. The third kappa shape index (κ3) is 4.29. The number of halogens is 3. The number of methoxy groups -OCH3 is 1. The van der Waals surface area contributed by atoms with E-state index in [2.05, 4.69) is 14.9 Å². The van der Waals surface area contributed by atoms with E-state index in [0.29, 0.717) is 33.0 Å². The Balaban J connectivity index is 1.63. The van der Waals surface area contributed by atoms with Gasteiger partial charge in [-0.1, -0.05) is 18.6 Å². The summed E-state index contributed by atoms with van der Waals surface area (Å²) in [6.45, 7) is 2.78. The van der Waals surface area contributed by atoms with Crippen molar-refractivity contribution in [1.82, 2.24) is 14.9 Å². The smallest absolute Gasteiger partial charge is 0.416 e. The van der Waals surface area contributed by atoms with E-state index in [1.165, 1.54) is 19.2 Å². The summed E-state index contributed by atoms with van der Waals surface area (Å²) in [7, 11) is 1.28. The molecule has 170 valence electrons. The van der Waals surface area contributed by atoms with Crippen molar-refractivity contribution in [1.29, 1.82) is 0 Å². The molecule has 3 heterocycles. The molecule has 3 aromatic rings. The fraction of sp³-hybridized carbons (Fsp3) is 0.409. The number of esters is 1. The number of aromatic nitrogens is 2.